The minimum absolute atomic E-state index is 0.0683. The van der Waals surface area contributed by atoms with Gasteiger partial charge in [0.1, 0.15) is 11.4 Å². The van der Waals surface area contributed by atoms with Gasteiger partial charge in [-0.3, -0.25) is 0 Å². The molecule has 0 unspecified atom stereocenters. The lowest BCUT2D eigenvalue weighted by molar-refractivity contribution is 0.201. The first-order chi connectivity index (χ1) is 24.1. The number of aryl methyl sites for hydroxylation is 2. The van der Waals surface area contributed by atoms with Crippen LogP contribution in [0.1, 0.15) is 73.1 Å². The van der Waals surface area contributed by atoms with E-state index in [9.17, 15) is 16.8 Å². The molecule has 9 rings (SSSR count). The average molecular weight is 711 g/mol. The van der Waals surface area contributed by atoms with Crippen LogP contribution < -0.4 is 0 Å². The Bertz CT molecular complexity index is 2150. The van der Waals surface area contributed by atoms with Gasteiger partial charge in [0.05, 0.1) is 46.4 Å². The van der Waals surface area contributed by atoms with E-state index in [2.05, 4.69) is 20.6 Å². The van der Waals surface area contributed by atoms with Crippen LogP contribution in [-0.4, -0.2) is 67.5 Å². The fourth-order valence-corrected chi connectivity index (χ4v) is 11.8. The van der Waals surface area contributed by atoms with Crippen LogP contribution in [0.25, 0.3) is 22.5 Å². The van der Waals surface area contributed by atoms with Crippen molar-refractivity contribution in [3.63, 3.8) is 0 Å². The van der Waals surface area contributed by atoms with E-state index in [-0.39, 0.29) is 37.3 Å². The Kier molecular flexibility index (Phi) is 7.39. The second-order valence-electron chi connectivity index (χ2n) is 14.1. The predicted octanol–water partition coefficient (Wildman–Crippen LogP) is 5.42. The minimum atomic E-state index is -3.74. The van der Waals surface area contributed by atoms with E-state index in [0.717, 1.165) is 72.2 Å². The van der Waals surface area contributed by atoms with Crippen LogP contribution in [0.5, 0.6) is 0 Å². The third-order valence-electron chi connectivity index (χ3n) is 11.1. The minimum Gasteiger partial charge on any atom is -0.243 e. The maximum absolute atomic E-state index is 14.0. The Morgan fingerprint density at radius 2 is 0.880 bits per heavy atom. The van der Waals surface area contributed by atoms with Crippen molar-refractivity contribution < 1.29 is 16.8 Å². The Labute approximate surface area is 291 Å². The third-order valence-corrected chi connectivity index (χ3v) is 14.9. The first-order valence-corrected chi connectivity index (χ1v) is 20.2. The van der Waals surface area contributed by atoms with Gasteiger partial charge in [-0.15, -0.1) is 10.2 Å². The highest BCUT2D eigenvalue weighted by Gasteiger charge is 2.47. The summed E-state index contributed by atoms with van der Waals surface area (Å²) in [7, 11) is -7.48. The monoisotopic (exact) mass is 710 g/mol. The molecule has 2 saturated carbocycles. The Balaban J connectivity index is 1.04. The quantitative estimate of drug-likeness (QED) is 0.228. The molecule has 3 aromatic carbocycles. The summed E-state index contributed by atoms with van der Waals surface area (Å²) in [6.07, 6.45) is 5.10. The van der Waals surface area contributed by atoms with E-state index in [1.165, 1.54) is 0 Å². The molecule has 0 amide bonds. The topological polar surface area (TPSA) is 136 Å². The Hall–Kier alpha value is -4.24. The molecule has 0 spiro atoms. The fourth-order valence-electron chi connectivity index (χ4n) is 8.52. The van der Waals surface area contributed by atoms with Crippen molar-refractivity contribution in [3.05, 3.63) is 95.3 Å². The first kappa shape index (κ1) is 31.7. The van der Waals surface area contributed by atoms with Crippen molar-refractivity contribution in [1.82, 2.24) is 38.6 Å². The van der Waals surface area contributed by atoms with Gasteiger partial charge < -0.3 is 0 Å². The summed E-state index contributed by atoms with van der Waals surface area (Å²) in [4.78, 5) is 0.596. The van der Waals surface area contributed by atoms with E-state index in [1.807, 2.05) is 71.7 Å². The number of fused-ring (bicyclic) bond motifs is 6. The molecule has 2 aromatic heterocycles. The molecule has 2 fully saturated rings. The van der Waals surface area contributed by atoms with Crippen LogP contribution in [0.3, 0.4) is 0 Å². The molecule has 0 saturated heterocycles. The van der Waals surface area contributed by atoms with Gasteiger partial charge in [0.25, 0.3) is 0 Å². The van der Waals surface area contributed by atoms with Gasteiger partial charge in [0.15, 0.2) is 0 Å². The Morgan fingerprint density at radius 3 is 1.26 bits per heavy atom. The standard InChI is InChI=1S/C36H38N8O4S2/c1-23-9-17-27(18-10-23)49(45,46)41-21-33-35(37-39-43(33)31-7-3-5-29(31)41)25-13-15-26(16-14-25)36-34-22-42(30-6-4-8-32(30)44(34)40-38-36)50(47,48)28-19-11-24(2)12-20-28/h9-20,29-32H,3-8,21-22H2,1-2H3/t29-,30+,31-,32+. The molecule has 50 heavy (non-hydrogen) atoms. The first-order valence-electron chi connectivity index (χ1n) is 17.3. The van der Waals surface area contributed by atoms with Gasteiger partial charge in [-0.2, -0.15) is 8.61 Å². The van der Waals surface area contributed by atoms with Gasteiger partial charge in [-0.1, -0.05) is 70.1 Å². The van der Waals surface area contributed by atoms with Crippen LogP contribution >= 0.6 is 0 Å². The molecule has 4 aliphatic rings. The van der Waals surface area contributed by atoms with Gasteiger partial charge in [0.2, 0.25) is 20.0 Å². The molecule has 2 aliphatic carbocycles. The molecular formula is C36H38N8O4S2. The zero-order valence-corrected chi connectivity index (χ0v) is 29.6. The van der Waals surface area contributed by atoms with Gasteiger partial charge in [-0.05, 0) is 76.6 Å². The summed E-state index contributed by atoms with van der Waals surface area (Å²) in [6.45, 7) is 4.27. The molecule has 0 N–H and O–H groups in total. The summed E-state index contributed by atoms with van der Waals surface area (Å²) in [5, 5.41) is 18.3. The maximum atomic E-state index is 14.0. The lowest BCUT2D eigenvalue weighted by atomic mass is 10.0. The molecule has 12 nitrogen and oxygen atoms in total. The van der Waals surface area contributed by atoms with Crippen molar-refractivity contribution in [2.75, 3.05) is 0 Å². The van der Waals surface area contributed by atoms with Gasteiger partial charge in [-0.25, -0.2) is 26.2 Å². The average Bonchev–Trinajstić information content (AvgIpc) is 3.93. The lowest BCUT2D eigenvalue weighted by Gasteiger charge is -2.37. The molecule has 5 aromatic rings. The number of benzene rings is 3. The van der Waals surface area contributed by atoms with Crippen molar-refractivity contribution in [2.45, 2.75) is 99.4 Å². The van der Waals surface area contributed by atoms with E-state index in [0.29, 0.717) is 21.2 Å². The summed E-state index contributed by atoms with van der Waals surface area (Å²) in [6, 6.07) is 21.4. The molecule has 14 heteroatoms. The maximum Gasteiger partial charge on any atom is 0.243 e. The van der Waals surface area contributed by atoms with E-state index in [4.69, 9.17) is 0 Å². The molecule has 0 bridgehead atoms. The van der Waals surface area contributed by atoms with Crippen LogP contribution in [0.2, 0.25) is 0 Å². The molecule has 4 heterocycles. The predicted molar refractivity (Wildman–Crippen MR) is 186 cm³/mol. The van der Waals surface area contributed by atoms with E-state index < -0.39 is 20.0 Å². The normalized spacial score (nSPS) is 23.7. The summed E-state index contributed by atoms with van der Waals surface area (Å²) >= 11 is 0. The van der Waals surface area contributed by atoms with E-state index >= 15 is 0 Å². The summed E-state index contributed by atoms with van der Waals surface area (Å²) in [5.41, 5.74) is 6.52. The van der Waals surface area contributed by atoms with Crippen LogP contribution in [0.15, 0.2) is 82.6 Å². The number of rotatable bonds is 6. The van der Waals surface area contributed by atoms with Crippen molar-refractivity contribution in [3.8, 4) is 22.5 Å². The van der Waals surface area contributed by atoms with Crippen molar-refractivity contribution in [2.24, 2.45) is 0 Å². The number of hydrogen-bond donors (Lipinski definition) is 0. The van der Waals surface area contributed by atoms with Gasteiger partial charge >= 0.3 is 0 Å². The highest BCUT2D eigenvalue weighted by molar-refractivity contribution is 7.89. The molecule has 4 atom stereocenters. The molecule has 258 valence electrons. The van der Waals surface area contributed by atoms with Crippen LogP contribution in [0.4, 0.5) is 0 Å². The number of sulfonamides is 2. The third kappa shape index (κ3) is 4.90. The van der Waals surface area contributed by atoms with Crippen molar-refractivity contribution >= 4 is 20.0 Å². The van der Waals surface area contributed by atoms with Crippen LogP contribution in [0, 0.1) is 13.8 Å². The van der Waals surface area contributed by atoms with Crippen LogP contribution in [-0.2, 0) is 33.1 Å². The second-order valence-corrected chi connectivity index (χ2v) is 17.9. The molecular weight excluding hydrogens is 673 g/mol. The number of nitrogens with zero attached hydrogens (tertiary/aromatic N) is 8. The van der Waals surface area contributed by atoms with Gasteiger partial charge in [0, 0.05) is 23.2 Å². The van der Waals surface area contributed by atoms with E-state index in [1.54, 1.807) is 32.9 Å². The highest BCUT2D eigenvalue weighted by Crippen LogP contribution is 2.45. The lowest BCUT2D eigenvalue weighted by Crippen LogP contribution is -2.47. The second kappa shape index (κ2) is 11.7. The number of hydrogen-bond acceptors (Lipinski definition) is 8. The highest BCUT2D eigenvalue weighted by atomic mass is 32.2. The molecule has 2 aliphatic heterocycles. The zero-order chi connectivity index (χ0) is 34.4. The van der Waals surface area contributed by atoms with Crippen molar-refractivity contribution in [1.29, 1.82) is 0 Å². The Morgan fingerprint density at radius 1 is 0.520 bits per heavy atom. The smallest absolute Gasteiger partial charge is 0.243 e. The largest absolute Gasteiger partial charge is 0.243 e. The summed E-state index contributed by atoms with van der Waals surface area (Å²) < 4.78 is 63.1. The SMILES string of the molecule is Cc1ccc(S(=O)(=O)N2Cc3c(-c4ccc(-c5nnn6c5CN(S(=O)(=O)c5ccc(C)cc5)[C@H]5CCC[C@@H]56)cc4)nnn3[C@@H]3CCC[C@H]32)cc1. The fraction of sp³-hybridized carbons (Fsp3) is 0.389. The zero-order valence-electron chi connectivity index (χ0n) is 27.9. The summed E-state index contributed by atoms with van der Waals surface area (Å²) in [5.74, 6) is 0. The molecule has 0 radical (unpaired) electrons. The number of aromatic nitrogens is 6.